The monoisotopic (exact) mass is 401 g/mol. The SMILES string of the molecule is CC(C)(C)N1C(=O)C(=NCCOc2cccnc2)C(c2ccccc2)S1(=O)=O. The Labute approximate surface area is 165 Å². The third-order valence-corrected chi connectivity index (χ3v) is 6.51. The van der Waals surface area contributed by atoms with Gasteiger partial charge in [-0.3, -0.25) is 14.8 Å². The van der Waals surface area contributed by atoms with Crippen LogP contribution in [0, 0.1) is 0 Å². The Balaban J connectivity index is 1.91. The standard InChI is InChI=1S/C20H23N3O4S/c1-20(2,3)23-19(24)17(22-12-13-27-16-10-7-11-21-14-16)18(28(23,25)26)15-8-5-4-6-9-15/h4-11,14,18H,12-13H2,1-3H3. The third kappa shape index (κ3) is 3.91. The minimum absolute atomic E-state index is 0.0240. The van der Waals surface area contributed by atoms with Gasteiger partial charge in [-0.05, 0) is 38.5 Å². The molecule has 1 aliphatic rings. The molecule has 8 heteroatoms. The first-order valence-electron chi connectivity index (χ1n) is 8.93. The van der Waals surface area contributed by atoms with E-state index < -0.39 is 26.7 Å². The van der Waals surface area contributed by atoms with Gasteiger partial charge < -0.3 is 4.74 Å². The number of sulfonamides is 1. The van der Waals surface area contributed by atoms with E-state index in [2.05, 4.69) is 9.98 Å². The van der Waals surface area contributed by atoms with E-state index in [0.29, 0.717) is 11.3 Å². The second-order valence-electron chi connectivity index (χ2n) is 7.38. The van der Waals surface area contributed by atoms with Gasteiger partial charge in [-0.2, -0.15) is 0 Å². The maximum atomic E-state index is 13.2. The lowest BCUT2D eigenvalue weighted by atomic mass is 10.1. The summed E-state index contributed by atoms with van der Waals surface area (Å²) in [6.45, 7) is 5.45. The van der Waals surface area contributed by atoms with E-state index in [1.54, 1.807) is 75.6 Å². The summed E-state index contributed by atoms with van der Waals surface area (Å²) in [6, 6.07) is 12.2. The van der Waals surface area contributed by atoms with E-state index in [1.165, 1.54) is 0 Å². The van der Waals surface area contributed by atoms with Gasteiger partial charge in [0, 0.05) is 6.20 Å². The maximum Gasteiger partial charge on any atom is 0.283 e. The number of pyridine rings is 1. The van der Waals surface area contributed by atoms with Gasteiger partial charge in [-0.25, -0.2) is 12.7 Å². The molecule has 0 spiro atoms. The zero-order valence-corrected chi connectivity index (χ0v) is 16.9. The highest BCUT2D eigenvalue weighted by atomic mass is 32.2. The van der Waals surface area contributed by atoms with Gasteiger partial charge in [-0.15, -0.1) is 0 Å². The fraction of sp³-hybridized carbons (Fsp3) is 0.350. The largest absolute Gasteiger partial charge is 0.490 e. The fourth-order valence-electron chi connectivity index (χ4n) is 3.13. The molecule has 0 radical (unpaired) electrons. The molecule has 2 aromatic rings. The van der Waals surface area contributed by atoms with Crippen LogP contribution in [-0.2, 0) is 14.8 Å². The van der Waals surface area contributed by atoms with Crippen molar-refractivity contribution < 1.29 is 17.9 Å². The van der Waals surface area contributed by atoms with Crippen molar-refractivity contribution in [3.05, 3.63) is 60.4 Å². The number of hydrogen-bond donors (Lipinski definition) is 0. The maximum absolute atomic E-state index is 13.2. The highest BCUT2D eigenvalue weighted by molar-refractivity contribution is 7.91. The molecular formula is C20H23N3O4S. The van der Waals surface area contributed by atoms with Crippen molar-refractivity contribution in [3.8, 4) is 5.75 Å². The number of amides is 1. The van der Waals surface area contributed by atoms with Gasteiger partial charge >= 0.3 is 0 Å². The predicted octanol–water partition coefficient (Wildman–Crippen LogP) is 2.61. The summed E-state index contributed by atoms with van der Waals surface area (Å²) in [5.41, 5.74) is -0.336. The van der Waals surface area contributed by atoms with E-state index in [4.69, 9.17) is 4.74 Å². The summed E-state index contributed by atoms with van der Waals surface area (Å²) in [7, 11) is -3.92. The van der Waals surface area contributed by atoms with Crippen molar-refractivity contribution in [2.24, 2.45) is 4.99 Å². The summed E-state index contributed by atoms with van der Waals surface area (Å²) in [4.78, 5) is 21.3. The number of aromatic nitrogens is 1. The fourth-order valence-corrected chi connectivity index (χ4v) is 5.39. The summed E-state index contributed by atoms with van der Waals surface area (Å²) in [6.07, 6.45) is 3.22. The molecule has 28 heavy (non-hydrogen) atoms. The summed E-state index contributed by atoms with van der Waals surface area (Å²) < 4.78 is 32.9. The molecule has 1 fully saturated rings. The molecule has 1 aliphatic heterocycles. The molecule has 148 valence electrons. The topological polar surface area (TPSA) is 88.9 Å². The van der Waals surface area contributed by atoms with Gasteiger partial charge in [0.05, 0.1) is 18.3 Å². The second-order valence-corrected chi connectivity index (χ2v) is 9.25. The average molecular weight is 401 g/mol. The summed E-state index contributed by atoms with van der Waals surface area (Å²) in [5, 5.41) is -1.11. The van der Waals surface area contributed by atoms with E-state index in [1.807, 2.05) is 0 Å². The van der Waals surface area contributed by atoms with Crippen LogP contribution < -0.4 is 4.74 Å². The quantitative estimate of drug-likeness (QED) is 0.719. The number of aliphatic imine (C=N–C) groups is 1. The van der Waals surface area contributed by atoms with Crippen LogP contribution in [-0.4, -0.2) is 48.0 Å². The number of ether oxygens (including phenoxy) is 1. The van der Waals surface area contributed by atoms with Crippen LogP contribution in [0.4, 0.5) is 0 Å². The molecule has 1 saturated heterocycles. The van der Waals surface area contributed by atoms with Crippen LogP contribution in [0.3, 0.4) is 0 Å². The van der Waals surface area contributed by atoms with Crippen molar-refractivity contribution >= 4 is 21.6 Å². The lowest BCUT2D eigenvalue weighted by Crippen LogP contribution is -2.45. The molecular weight excluding hydrogens is 378 g/mol. The molecule has 0 bridgehead atoms. The Bertz CT molecular complexity index is 968. The Morgan fingerprint density at radius 3 is 2.46 bits per heavy atom. The molecule has 1 aromatic heterocycles. The number of rotatable bonds is 5. The first-order valence-corrected chi connectivity index (χ1v) is 10.4. The molecule has 1 atom stereocenters. The van der Waals surface area contributed by atoms with Gasteiger partial charge in [-0.1, -0.05) is 30.3 Å². The minimum atomic E-state index is -3.92. The molecule has 0 aliphatic carbocycles. The minimum Gasteiger partial charge on any atom is -0.490 e. The first kappa shape index (κ1) is 20.0. The normalized spacial score (nSPS) is 20.5. The molecule has 0 saturated carbocycles. The Morgan fingerprint density at radius 1 is 1.14 bits per heavy atom. The predicted molar refractivity (Wildman–Crippen MR) is 107 cm³/mol. The molecule has 1 aromatic carbocycles. The zero-order valence-electron chi connectivity index (χ0n) is 16.1. The molecule has 7 nitrogen and oxygen atoms in total. The van der Waals surface area contributed by atoms with Crippen LogP contribution >= 0.6 is 0 Å². The number of carbonyl (C=O) groups is 1. The van der Waals surface area contributed by atoms with Gasteiger partial charge in [0.1, 0.15) is 18.1 Å². The zero-order chi connectivity index (χ0) is 20.4. The van der Waals surface area contributed by atoms with Crippen molar-refractivity contribution in [3.63, 3.8) is 0 Å². The van der Waals surface area contributed by atoms with Crippen molar-refractivity contribution in [2.45, 2.75) is 31.6 Å². The third-order valence-electron chi connectivity index (χ3n) is 4.19. The molecule has 1 amide bonds. The van der Waals surface area contributed by atoms with Crippen LogP contribution in [0.25, 0.3) is 0 Å². The average Bonchev–Trinajstić information content (AvgIpc) is 2.85. The number of carbonyl (C=O) groups excluding carboxylic acids is 1. The Morgan fingerprint density at radius 2 is 1.86 bits per heavy atom. The van der Waals surface area contributed by atoms with Crippen LogP contribution in [0.15, 0.2) is 59.9 Å². The Hall–Kier alpha value is -2.74. The molecule has 3 rings (SSSR count). The van der Waals surface area contributed by atoms with Crippen molar-refractivity contribution in [2.75, 3.05) is 13.2 Å². The highest BCUT2D eigenvalue weighted by Crippen LogP contribution is 2.38. The van der Waals surface area contributed by atoms with Gasteiger partial charge in [0.25, 0.3) is 15.9 Å². The summed E-state index contributed by atoms with van der Waals surface area (Å²) in [5.74, 6) is 0.00623. The summed E-state index contributed by atoms with van der Waals surface area (Å²) >= 11 is 0. The number of benzene rings is 1. The van der Waals surface area contributed by atoms with E-state index in [9.17, 15) is 13.2 Å². The van der Waals surface area contributed by atoms with E-state index in [0.717, 1.165) is 4.31 Å². The first-order chi connectivity index (χ1) is 13.2. The lowest BCUT2D eigenvalue weighted by molar-refractivity contribution is -0.122. The van der Waals surface area contributed by atoms with Crippen LogP contribution in [0.5, 0.6) is 5.75 Å². The molecule has 1 unspecified atom stereocenters. The van der Waals surface area contributed by atoms with E-state index >= 15 is 0 Å². The molecule has 2 heterocycles. The second kappa shape index (κ2) is 7.71. The number of hydrogen-bond acceptors (Lipinski definition) is 6. The smallest absolute Gasteiger partial charge is 0.283 e. The van der Waals surface area contributed by atoms with Crippen molar-refractivity contribution in [1.82, 2.24) is 9.29 Å². The van der Waals surface area contributed by atoms with Crippen molar-refractivity contribution in [1.29, 1.82) is 0 Å². The lowest BCUT2D eigenvalue weighted by Gasteiger charge is -2.30. The Kier molecular flexibility index (Phi) is 5.51. The number of nitrogens with zero attached hydrogens (tertiary/aromatic N) is 3. The molecule has 0 N–H and O–H groups in total. The van der Waals surface area contributed by atoms with E-state index in [-0.39, 0.29) is 18.9 Å². The van der Waals surface area contributed by atoms with Crippen LogP contribution in [0.2, 0.25) is 0 Å². The highest BCUT2D eigenvalue weighted by Gasteiger charge is 2.54. The van der Waals surface area contributed by atoms with Gasteiger partial charge in [0.2, 0.25) is 0 Å². The van der Waals surface area contributed by atoms with Gasteiger partial charge in [0.15, 0.2) is 5.25 Å². The van der Waals surface area contributed by atoms with Crippen LogP contribution in [0.1, 0.15) is 31.6 Å².